The number of aromatic nitrogens is 2. The van der Waals surface area contributed by atoms with Gasteiger partial charge >= 0.3 is 6.18 Å². The van der Waals surface area contributed by atoms with Gasteiger partial charge in [-0.2, -0.15) is 13.2 Å². The summed E-state index contributed by atoms with van der Waals surface area (Å²) in [4.78, 5) is 23.0. The fourth-order valence-corrected chi connectivity index (χ4v) is 4.89. The van der Waals surface area contributed by atoms with Crippen molar-refractivity contribution in [2.75, 3.05) is 19.9 Å². The normalized spacial score (nSPS) is 14.7. The first-order chi connectivity index (χ1) is 17.4. The lowest BCUT2D eigenvalue weighted by Gasteiger charge is -2.27. The summed E-state index contributed by atoms with van der Waals surface area (Å²) in [7, 11) is -1.25. The van der Waals surface area contributed by atoms with Crippen LogP contribution in [0.1, 0.15) is 27.2 Å². The molecule has 3 heterocycles. The molecule has 37 heavy (non-hydrogen) atoms. The lowest BCUT2D eigenvalue weighted by atomic mass is 9.99. The van der Waals surface area contributed by atoms with Crippen LogP contribution in [0.5, 0.6) is 0 Å². The van der Waals surface area contributed by atoms with Crippen molar-refractivity contribution in [1.29, 1.82) is 0 Å². The second-order valence-corrected chi connectivity index (χ2v) is 15.8. The topological polar surface area (TPSA) is 56.6 Å². The SMILES string of the molecule is C[Si](C)(C)CCOCON1CCc2c(ncc3c2c(/C=C/C(F)(F)F)cn3Cc2ccc(F)cc2)C1=O. The molecule has 0 radical (unpaired) electrons. The molecule has 2 aromatic heterocycles. The zero-order valence-electron chi connectivity index (χ0n) is 20.9. The second-order valence-electron chi connectivity index (χ2n) is 10.2. The number of hydrogen-bond donors (Lipinski definition) is 0. The number of pyridine rings is 1. The Morgan fingerprint density at radius 3 is 2.57 bits per heavy atom. The minimum Gasteiger partial charge on any atom is -0.353 e. The van der Waals surface area contributed by atoms with E-state index < -0.39 is 20.2 Å². The first kappa shape index (κ1) is 27.0. The Kier molecular flexibility index (Phi) is 7.86. The number of halogens is 4. The van der Waals surface area contributed by atoms with E-state index in [1.807, 2.05) is 0 Å². The van der Waals surface area contributed by atoms with E-state index >= 15 is 0 Å². The summed E-state index contributed by atoms with van der Waals surface area (Å²) in [6.07, 6.45) is 0.118. The van der Waals surface area contributed by atoms with E-state index in [2.05, 4.69) is 24.6 Å². The van der Waals surface area contributed by atoms with Crippen LogP contribution < -0.4 is 0 Å². The average Bonchev–Trinajstić information content (AvgIpc) is 3.17. The number of ether oxygens (including phenoxy) is 1. The largest absolute Gasteiger partial charge is 0.409 e. The second kappa shape index (κ2) is 10.8. The fraction of sp³-hybridized carbons (Fsp3) is 0.385. The molecule has 198 valence electrons. The van der Waals surface area contributed by atoms with Gasteiger partial charge < -0.3 is 9.30 Å². The van der Waals surface area contributed by atoms with E-state index in [0.29, 0.717) is 41.6 Å². The smallest absolute Gasteiger partial charge is 0.353 e. The number of allylic oxidation sites excluding steroid dienone is 1. The molecule has 0 saturated carbocycles. The molecule has 0 atom stereocenters. The van der Waals surface area contributed by atoms with E-state index in [4.69, 9.17) is 9.57 Å². The quantitative estimate of drug-likeness (QED) is 0.145. The molecule has 1 aliphatic heterocycles. The van der Waals surface area contributed by atoms with Gasteiger partial charge in [0.15, 0.2) is 6.79 Å². The van der Waals surface area contributed by atoms with E-state index in [1.165, 1.54) is 23.4 Å². The number of alkyl halides is 3. The number of rotatable bonds is 9. The van der Waals surface area contributed by atoms with Crippen molar-refractivity contribution in [1.82, 2.24) is 14.6 Å². The molecule has 1 aliphatic rings. The van der Waals surface area contributed by atoms with Gasteiger partial charge in [0.25, 0.3) is 5.91 Å². The third-order valence-corrected chi connectivity index (χ3v) is 7.76. The maximum Gasteiger partial charge on any atom is 0.409 e. The van der Waals surface area contributed by atoms with Crippen molar-refractivity contribution < 1.29 is 31.9 Å². The molecule has 6 nitrogen and oxygen atoms in total. The fourth-order valence-electron chi connectivity index (χ4n) is 4.13. The Bertz CT molecular complexity index is 1300. The molecule has 1 aromatic carbocycles. The average molecular weight is 536 g/mol. The van der Waals surface area contributed by atoms with Gasteiger partial charge in [0.1, 0.15) is 11.5 Å². The molecule has 1 amide bonds. The summed E-state index contributed by atoms with van der Waals surface area (Å²) in [5.41, 5.74) is 2.39. The standard InChI is InChI=1S/C26H29F4N3O3Si/c1-37(2,3)13-12-35-17-36-33-11-9-21-23-19(8-10-26(28,29)30)16-32(15-18-4-6-20(27)7-5-18)22(23)14-31-24(21)25(33)34/h4-8,10,14,16H,9,11-13,15,17H2,1-3H3/b10-8+. The van der Waals surface area contributed by atoms with Crippen LogP contribution in [0.2, 0.25) is 25.7 Å². The Labute approximate surface area is 213 Å². The highest BCUT2D eigenvalue weighted by molar-refractivity contribution is 6.76. The number of hydroxylamine groups is 2. The first-order valence-corrected chi connectivity index (χ1v) is 15.7. The van der Waals surface area contributed by atoms with Gasteiger partial charge in [-0.3, -0.25) is 4.79 Å². The molecular weight excluding hydrogens is 506 g/mol. The van der Waals surface area contributed by atoms with Crippen molar-refractivity contribution in [3.8, 4) is 0 Å². The maximum atomic E-state index is 13.3. The summed E-state index contributed by atoms with van der Waals surface area (Å²) in [5.74, 6) is -0.841. The van der Waals surface area contributed by atoms with Crippen molar-refractivity contribution in [2.45, 2.75) is 44.8 Å². The van der Waals surface area contributed by atoms with Crippen molar-refractivity contribution >= 4 is 31.0 Å². The molecule has 3 aromatic rings. The van der Waals surface area contributed by atoms with Crippen LogP contribution in [0.3, 0.4) is 0 Å². The first-order valence-electron chi connectivity index (χ1n) is 11.9. The van der Waals surface area contributed by atoms with Crippen LogP contribution in [-0.2, 0) is 22.5 Å². The van der Waals surface area contributed by atoms with Gasteiger partial charge in [0.05, 0.1) is 18.3 Å². The number of nitrogens with zero attached hydrogens (tertiary/aromatic N) is 3. The summed E-state index contributed by atoms with van der Waals surface area (Å²) in [6.45, 7) is 7.70. The lowest BCUT2D eigenvalue weighted by molar-refractivity contribution is -0.195. The molecule has 0 spiro atoms. The monoisotopic (exact) mass is 535 g/mol. The number of carbonyl (C=O) groups is 1. The van der Waals surface area contributed by atoms with Crippen LogP contribution in [0.25, 0.3) is 17.0 Å². The highest BCUT2D eigenvalue weighted by Crippen LogP contribution is 2.32. The Balaban J connectivity index is 1.61. The Hall–Kier alpha value is -3.02. The minimum absolute atomic E-state index is 0.0680. The third kappa shape index (κ3) is 6.85. The van der Waals surface area contributed by atoms with Gasteiger partial charge in [-0.25, -0.2) is 19.3 Å². The lowest BCUT2D eigenvalue weighted by Crippen LogP contribution is -2.39. The predicted octanol–water partition coefficient (Wildman–Crippen LogP) is 6.04. The van der Waals surface area contributed by atoms with Crippen LogP contribution in [-0.4, -0.2) is 54.7 Å². The maximum absolute atomic E-state index is 13.3. The van der Waals surface area contributed by atoms with Crippen molar-refractivity contribution in [3.05, 3.63) is 70.9 Å². The van der Waals surface area contributed by atoms with E-state index in [0.717, 1.165) is 17.7 Å². The highest BCUT2D eigenvalue weighted by atomic mass is 28.3. The third-order valence-electron chi connectivity index (χ3n) is 6.05. The van der Waals surface area contributed by atoms with Gasteiger partial charge in [-0.05, 0) is 41.8 Å². The van der Waals surface area contributed by atoms with Crippen LogP contribution in [0.4, 0.5) is 17.6 Å². The molecule has 4 rings (SSSR count). The van der Waals surface area contributed by atoms with Gasteiger partial charge in [0, 0.05) is 44.4 Å². The zero-order chi connectivity index (χ0) is 26.8. The molecule has 0 saturated heterocycles. The molecular formula is C26H29F4N3O3Si. The number of benzene rings is 1. The number of fused-ring (bicyclic) bond motifs is 3. The zero-order valence-corrected chi connectivity index (χ0v) is 21.9. The Morgan fingerprint density at radius 1 is 1.16 bits per heavy atom. The van der Waals surface area contributed by atoms with Gasteiger partial charge in [-0.1, -0.05) is 31.8 Å². The molecule has 0 fully saturated rings. The number of carbonyl (C=O) groups excluding carboxylic acids is 1. The van der Waals surface area contributed by atoms with E-state index in [9.17, 15) is 22.4 Å². The summed E-state index contributed by atoms with van der Waals surface area (Å²) in [5, 5.41) is 1.73. The van der Waals surface area contributed by atoms with Crippen molar-refractivity contribution in [3.63, 3.8) is 0 Å². The molecule has 0 aliphatic carbocycles. The van der Waals surface area contributed by atoms with Crippen LogP contribution in [0.15, 0.2) is 42.7 Å². The van der Waals surface area contributed by atoms with Crippen molar-refractivity contribution in [2.24, 2.45) is 0 Å². The van der Waals surface area contributed by atoms with Gasteiger partial charge in [-0.15, -0.1) is 0 Å². The van der Waals surface area contributed by atoms with E-state index in [-0.39, 0.29) is 30.9 Å². The molecule has 0 N–H and O–H groups in total. The molecule has 0 bridgehead atoms. The van der Waals surface area contributed by atoms with E-state index in [1.54, 1.807) is 22.9 Å². The minimum atomic E-state index is -4.49. The highest BCUT2D eigenvalue weighted by Gasteiger charge is 2.30. The number of amides is 1. The summed E-state index contributed by atoms with van der Waals surface area (Å²) in [6, 6.07) is 6.85. The predicted molar refractivity (Wildman–Crippen MR) is 135 cm³/mol. The number of hydrogen-bond acceptors (Lipinski definition) is 4. The summed E-state index contributed by atoms with van der Waals surface area (Å²) < 4.78 is 59.6. The Morgan fingerprint density at radius 2 is 1.89 bits per heavy atom. The molecule has 0 unspecified atom stereocenters. The van der Waals surface area contributed by atoms with Gasteiger partial charge in [0.2, 0.25) is 0 Å². The molecule has 11 heteroatoms. The van der Waals surface area contributed by atoms with Crippen LogP contribution in [0, 0.1) is 5.82 Å². The van der Waals surface area contributed by atoms with Crippen LogP contribution >= 0.6 is 0 Å². The summed E-state index contributed by atoms with van der Waals surface area (Å²) >= 11 is 0.